The molecule has 0 atom stereocenters. The smallest absolute Gasteiger partial charge is 0.266 e. The zero-order valence-electron chi connectivity index (χ0n) is 15.3. The highest BCUT2D eigenvalue weighted by Gasteiger charge is 2.13. The van der Waals surface area contributed by atoms with Gasteiger partial charge in [0, 0.05) is 5.69 Å². The van der Waals surface area contributed by atoms with E-state index in [1.54, 1.807) is 24.6 Å². The van der Waals surface area contributed by atoms with Gasteiger partial charge in [-0.05, 0) is 38.0 Å². The van der Waals surface area contributed by atoms with Crippen molar-refractivity contribution in [1.29, 1.82) is 5.26 Å². The fourth-order valence-electron chi connectivity index (χ4n) is 2.85. The van der Waals surface area contributed by atoms with Crippen LogP contribution in [0.4, 0.5) is 0 Å². The first-order valence-corrected chi connectivity index (χ1v) is 8.74. The predicted octanol–water partition coefficient (Wildman–Crippen LogP) is 3.43. The molecule has 6 nitrogen and oxygen atoms in total. The van der Waals surface area contributed by atoms with Crippen molar-refractivity contribution in [3.63, 3.8) is 0 Å². The predicted molar refractivity (Wildman–Crippen MR) is 105 cm³/mol. The molecular weight excluding hydrogens is 362 g/mol. The van der Waals surface area contributed by atoms with Crippen LogP contribution in [0.25, 0.3) is 0 Å². The Morgan fingerprint density at radius 2 is 1.96 bits per heavy atom. The third kappa shape index (κ3) is 3.69. The maximum absolute atomic E-state index is 12.5. The van der Waals surface area contributed by atoms with Gasteiger partial charge >= 0.3 is 0 Å². The Morgan fingerprint density at radius 1 is 1.26 bits per heavy atom. The van der Waals surface area contributed by atoms with Gasteiger partial charge in [-0.3, -0.25) is 4.79 Å². The summed E-state index contributed by atoms with van der Waals surface area (Å²) in [6.07, 6.45) is 1.51. The summed E-state index contributed by atoms with van der Waals surface area (Å²) in [6, 6.07) is 13.6. The van der Waals surface area contributed by atoms with E-state index >= 15 is 0 Å². The molecule has 7 heteroatoms. The van der Waals surface area contributed by atoms with E-state index in [1.165, 1.54) is 10.9 Å². The second-order valence-electron chi connectivity index (χ2n) is 6.25. The van der Waals surface area contributed by atoms with Crippen LogP contribution in [-0.4, -0.2) is 20.7 Å². The summed E-state index contributed by atoms with van der Waals surface area (Å²) in [5, 5.41) is 18.3. The summed E-state index contributed by atoms with van der Waals surface area (Å²) in [5.74, 6) is 0. The molecular formula is C20H18ClN5O. The van der Waals surface area contributed by atoms with E-state index < -0.39 is 5.56 Å². The lowest BCUT2D eigenvalue weighted by atomic mass is 10.1. The summed E-state index contributed by atoms with van der Waals surface area (Å²) in [5.41, 5.74) is 3.33. The van der Waals surface area contributed by atoms with E-state index in [1.807, 2.05) is 43.3 Å². The second kappa shape index (κ2) is 7.60. The molecule has 0 unspecified atom stereocenters. The molecule has 2 aromatic heterocycles. The maximum Gasteiger partial charge on any atom is 0.289 e. The highest BCUT2D eigenvalue weighted by atomic mass is 35.5. The normalized spacial score (nSPS) is 11.1. The molecule has 0 aliphatic carbocycles. The van der Waals surface area contributed by atoms with E-state index in [0.29, 0.717) is 34.2 Å². The first kappa shape index (κ1) is 18.6. The first-order valence-electron chi connectivity index (χ1n) is 8.37. The van der Waals surface area contributed by atoms with E-state index in [-0.39, 0.29) is 5.56 Å². The number of rotatable bonds is 4. The van der Waals surface area contributed by atoms with E-state index in [4.69, 9.17) is 11.6 Å². The Morgan fingerprint density at radius 3 is 2.63 bits per heavy atom. The maximum atomic E-state index is 12.5. The lowest BCUT2D eigenvalue weighted by Gasteiger charge is -2.06. The van der Waals surface area contributed by atoms with Crippen molar-refractivity contribution in [2.45, 2.75) is 27.3 Å². The lowest BCUT2D eigenvalue weighted by Crippen LogP contribution is -2.22. The Labute approximate surface area is 161 Å². The molecule has 0 spiro atoms. The number of nitriles is 1. The average Bonchev–Trinajstić information content (AvgIpc) is 2.89. The van der Waals surface area contributed by atoms with Crippen molar-refractivity contribution in [3.8, 4) is 6.07 Å². The van der Waals surface area contributed by atoms with Crippen molar-refractivity contribution in [1.82, 2.24) is 14.5 Å². The van der Waals surface area contributed by atoms with Gasteiger partial charge in [0.25, 0.3) is 5.56 Å². The third-order valence-corrected chi connectivity index (χ3v) is 4.66. The van der Waals surface area contributed by atoms with Gasteiger partial charge in [0.15, 0.2) is 0 Å². The highest BCUT2D eigenvalue weighted by molar-refractivity contribution is 6.32. The highest BCUT2D eigenvalue weighted by Crippen LogP contribution is 2.19. The number of aromatic nitrogens is 3. The second-order valence-corrected chi connectivity index (χ2v) is 6.61. The number of aryl methyl sites for hydroxylation is 3. The van der Waals surface area contributed by atoms with Crippen LogP contribution < -0.4 is 5.56 Å². The van der Waals surface area contributed by atoms with Crippen LogP contribution in [0.5, 0.6) is 0 Å². The molecule has 0 amide bonds. The van der Waals surface area contributed by atoms with Crippen molar-refractivity contribution in [3.05, 3.63) is 85.5 Å². The van der Waals surface area contributed by atoms with E-state index in [0.717, 1.165) is 5.56 Å². The minimum absolute atomic E-state index is 0.0836. The van der Waals surface area contributed by atoms with Gasteiger partial charge in [-0.25, -0.2) is 9.36 Å². The topological polar surface area (TPSA) is 76.0 Å². The summed E-state index contributed by atoms with van der Waals surface area (Å²) >= 11 is 6.48. The number of hydrogen-bond acceptors (Lipinski definition) is 4. The quantitative estimate of drug-likeness (QED) is 0.651. The molecule has 0 N–H and O–H groups in total. The molecule has 0 radical (unpaired) electrons. The van der Waals surface area contributed by atoms with E-state index in [9.17, 15) is 10.1 Å². The van der Waals surface area contributed by atoms with Crippen LogP contribution in [-0.2, 0) is 6.54 Å². The molecule has 136 valence electrons. The van der Waals surface area contributed by atoms with Crippen LogP contribution in [0.2, 0.25) is 5.15 Å². The first-order chi connectivity index (χ1) is 12.9. The molecule has 0 bridgehead atoms. The molecule has 0 saturated heterocycles. The number of hydrogen-bond donors (Lipinski definition) is 0. The van der Waals surface area contributed by atoms with Crippen molar-refractivity contribution in [2.75, 3.05) is 0 Å². The molecule has 0 saturated carbocycles. The molecule has 3 aromatic rings. The summed E-state index contributed by atoms with van der Waals surface area (Å²) in [7, 11) is 0. The minimum atomic E-state index is -0.447. The number of halogens is 1. The van der Waals surface area contributed by atoms with Crippen LogP contribution in [0.1, 0.15) is 33.6 Å². The summed E-state index contributed by atoms with van der Waals surface area (Å²) < 4.78 is 2.90. The van der Waals surface area contributed by atoms with Gasteiger partial charge < -0.3 is 0 Å². The third-order valence-electron chi connectivity index (χ3n) is 4.26. The van der Waals surface area contributed by atoms with Gasteiger partial charge in [-0.1, -0.05) is 41.9 Å². The zero-order valence-corrected chi connectivity index (χ0v) is 16.0. The Kier molecular flexibility index (Phi) is 5.24. The summed E-state index contributed by atoms with van der Waals surface area (Å²) in [4.78, 5) is 12.5. The molecule has 3 rings (SSSR count). The van der Waals surface area contributed by atoms with Gasteiger partial charge in [0.05, 0.1) is 24.0 Å². The van der Waals surface area contributed by atoms with Gasteiger partial charge in [0.2, 0.25) is 0 Å². The fourth-order valence-corrected chi connectivity index (χ4v) is 3.13. The van der Waals surface area contributed by atoms with Gasteiger partial charge in [-0.2, -0.15) is 15.5 Å². The standard InChI is InChI=1S/C20H18ClN5O/c1-13-9-14(2)26(20(27)17(13)10-22)23-11-18-15(3)24-25(19(18)21)12-16-7-5-4-6-8-16/h4-9,11H,12H2,1-3H3. The molecule has 2 heterocycles. The van der Waals surface area contributed by atoms with Crippen molar-refractivity contribution < 1.29 is 0 Å². The molecule has 27 heavy (non-hydrogen) atoms. The van der Waals surface area contributed by atoms with Crippen LogP contribution >= 0.6 is 11.6 Å². The molecule has 0 fully saturated rings. The average molecular weight is 380 g/mol. The molecule has 0 aliphatic heterocycles. The van der Waals surface area contributed by atoms with Gasteiger partial charge in [-0.15, -0.1) is 0 Å². The van der Waals surface area contributed by atoms with Crippen molar-refractivity contribution in [2.24, 2.45) is 5.10 Å². The Balaban J connectivity index is 1.98. The minimum Gasteiger partial charge on any atom is -0.266 e. The summed E-state index contributed by atoms with van der Waals surface area (Å²) in [6.45, 7) is 5.87. The van der Waals surface area contributed by atoms with E-state index in [2.05, 4.69) is 10.2 Å². The monoisotopic (exact) mass is 379 g/mol. The molecule has 0 aliphatic rings. The Bertz CT molecular complexity index is 1120. The van der Waals surface area contributed by atoms with Crippen molar-refractivity contribution >= 4 is 17.8 Å². The number of pyridine rings is 1. The van der Waals surface area contributed by atoms with Crippen LogP contribution in [0.15, 0.2) is 46.3 Å². The van der Waals surface area contributed by atoms with Gasteiger partial charge in [0.1, 0.15) is 16.8 Å². The fraction of sp³-hybridized carbons (Fsp3) is 0.200. The SMILES string of the molecule is Cc1cc(C)n(N=Cc2c(C)nn(Cc3ccccc3)c2Cl)c(=O)c1C#N. The van der Waals surface area contributed by atoms with Crippen LogP contribution in [0, 0.1) is 32.1 Å². The Hall–Kier alpha value is -3.17. The zero-order chi connectivity index (χ0) is 19.6. The molecule has 1 aromatic carbocycles. The number of nitrogens with zero attached hydrogens (tertiary/aromatic N) is 5. The van der Waals surface area contributed by atoms with Crippen LogP contribution in [0.3, 0.4) is 0 Å². The lowest BCUT2D eigenvalue weighted by molar-refractivity contribution is 0.680. The number of benzene rings is 1. The largest absolute Gasteiger partial charge is 0.289 e.